The summed E-state index contributed by atoms with van der Waals surface area (Å²) in [5.41, 5.74) is 0. The van der Waals surface area contributed by atoms with Crippen molar-refractivity contribution in [3.63, 3.8) is 0 Å². The van der Waals surface area contributed by atoms with Crippen molar-refractivity contribution in [2.24, 2.45) is 118 Å². The van der Waals surface area contributed by atoms with E-state index in [-0.39, 0.29) is 0 Å². The van der Waals surface area contributed by atoms with E-state index in [9.17, 15) is 0 Å². The zero-order valence-electron chi connectivity index (χ0n) is 34.2. The fraction of sp³-hybridized carbons (Fsp3) is 1.00. The molecule has 0 aromatic rings. The van der Waals surface area contributed by atoms with E-state index in [0.29, 0.717) is 0 Å². The lowest BCUT2D eigenvalue weighted by molar-refractivity contribution is -0.0384. The lowest BCUT2D eigenvalue weighted by Gasteiger charge is -2.53. The minimum Gasteiger partial charge on any atom is -0.0533 e. The molecule has 0 heteroatoms. The standard InChI is InChI=1S/C52H84/c1-2-11-33(12-3-1)42-30-49(51-32-45-24-36-15-6-7-16-37(36)29-48(45)50(51)31-42)44-27-41(38-22-21-34-13-4-5-14-35(34)23-38)26-43(28-44)47-20-10-18-40-25-39-17-8-9-19-46(39)52(40)47/h33-52H,1-32H2. The molecular formula is C52H84. The maximum atomic E-state index is 1.71. The van der Waals surface area contributed by atoms with Gasteiger partial charge in [-0.25, -0.2) is 0 Å². The Balaban J connectivity index is 0.907. The SMILES string of the molecule is C1CCC(C2CC(C3CC(C4CCC5CCCCC5C4)CC(C4CCCC5CC6CCCCC6C54)C3)C3CC4CC5CCCCC5CC4C3C2)CC1. The lowest BCUT2D eigenvalue weighted by Crippen LogP contribution is -2.45. The Bertz CT molecular complexity index is 1190. The minimum atomic E-state index is 1.11. The average molecular weight is 709 g/mol. The molecule has 0 amide bonds. The molecule has 0 aromatic carbocycles. The van der Waals surface area contributed by atoms with Gasteiger partial charge in [-0.3, -0.25) is 0 Å². The summed E-state index contributed by atoms with van der Waals surface area (Å²) >= 11 is 0. The van der Waals surface area contributed by atoms with Gasteiger partial charge in [-0.15, -0.1) is 0 Å². The highest BCUT2D eigenvalue weighted by atomic mass is 14.6. The predicted octanol–water partition coefficient (Wildman–Crippen LogP) is 14.9. The second kappa shape index (κ2) is 15.1. The third-order valence-corrected chi connectivity index (χ3v) is 22.0. The van der Waals surface area contributed by atoms with Gasteiger partial charge in [0.1, 0.15) is 0 Å². The molecule has 11 fully saturated rings. The fourth-order valence-electron chi connectivity index (χ4n) is 20.1. The van der Waals surface area contributed by atoms with Crippen molar-refractivity contribution in [2.75, 3.05) is 0 Å². The Morgan fingerprint density at radius 3 is 1.27 bits per heavy atom. The molecule has 0 heterocycles. The van der Waals surface area contributed by atoms with Crippen LogP contribution in [0.3, 0.4) is 0 Å². The van der Waals surface area contributed by atoms with Gasteiger partial charge in [0.05, 0.1) is 0 Å². The molecule has 11 aliphatic rings. The minimum absolute atomic E-state index is 1.11. The summed E-state index contributed by atoms with van der Waals surface area (Å²) in [5.74, 6) is 22.6. The monoisotopic (exact) mass is 709 g/mol. The number of rotatable bonds is 4. The Morgan fingerprint density at radius 2 is 0.500 bits per heavy atom. The first kappa shape index (κ1) is 35.2. The molecule has 0 aromatic heterocycles. The highest BCUT2D eigenvalue weighted by Gasteiger charge is 2.57. The Morgan fingerprint density at radius 1 is 0.154 bits per heavy atom. The fourth-order valence-corrected chi connectivity index (χ4v) is 20.1. The molecule has 0 spiro atoms. The van der Waals surface area contributed by atoms with Crippen LogP contribution in [-0.2, 0) is 0 Å². The van der Waals surface area contributed by atoms with Crippen LogP contribution in [-0.4, -0.2) is 0 Å². The van der Waals surface area contributed by atoms with Gasteiger partial charge < -0.3 is 0 Å². The van der Waals surface area contributed by atoms with Gasteiger partial charge in [-0.2, -0.15) is 0 Å². The van der Waals surface area contributed by atoms with Crippen molar-refractivity contribution in [1.29, 1.82) is 0 Å². The summed E-state index contributed by atoms with van der Waals surface area (Å²) in [6.45, 7) is 0. The summed E-state index contributed by atoms with van der Waals surface area (Å²) in [4.78, 5) is 0. The second-order valence-electron chi connectivity index (χ2n) is 23.8. The smallest absolute Gasteiger partial charge is 0.0324 e. The van der Waals surface area contributed by atoms with Crippen LogP contribution in [0.1, 0.15) is 205 Å². The molecule has 52 heavy (non-hydrogen) atoms. The van der Waals surface area contributed by atoms with Crippen molar-refractivity contribution in [3.8, 4) is 0 Å². The van der Waals surface area contributed by atoms with Crippen LogP contribution in [0.15, 0.2) is 0 Å². The van der Waals surface area contributed by atoms with Gasteiger partial charge >= 0.3 is 0 Å². The van der Waals surface area contributed by atoms with E-state index in [1.54, 1.807) is 205 Å². The summed E-state index contributed by atoms with van der Waals surface area (Å²) in [7, 11) is 0. The molecule has 0 aliphatic heterocycles. The molecular weight excluding hydrogens is 625 g/mol. The molecule has 292 valence electrons. The van der Waals surface area contributed by atoms with E-state index in [2.05, 4.69) is 0 Å². The highest BCUT2D eigenvalue weighted by molar-refractivity contribution is 5.07. The average Bonchev–Trinajstić information content (AvgIpc) is 3.77. The Labute approximate surface area is 322 Å². The number of fused-ring (bicyclic) bond motifs is 8. The molecule has 19 unspecified atom stereocenters. The van der Waals surface area contributed by atoms with Gasteiger partial charge in [0.25, 0.3) is 0 Å². The van der Waals surface area contributed by atoms with Crippen LogP contribution in [0.5, 0.6) is 0 Å². The molecule has 0 saturated heterocycles. The summed E-state index contributed by atoms with van der Waals surface area (Å²) in [5, 5.41) is 0. The van der Waals surface area contributed by atoms with Crippen molar-refractivity contribution in [2.45, 2.75) is 205 Å². The molecule has 11 aliphatic carbocycles. The van der Waals surface area contributed by atoms with Gasteiger partial charge in [0, 0.05) is 0 Å². The Hall–Kier alpha value is 0. The summed E-state index contributed by atoms with van der Waals surface area (Å²) in [6, 6.07) is 0. The molecule has 19 atom stereocenters. The van der Waals surface area contributed by atoms with Crippen LogP contribution in [0.4, 0.5) is 0 Å². The molecule has 11 saturated carbocycles. The molecule has 11 rings (SSSR count). The van der Waals surface area contributed by atoms with E-state index in [4.69, 9.17) is 0 Å². The summed E-state index contributed by atoms with van der Waals surface area (Å²) < 4.78 is 0. The second-order valence-corrected chi connectivity index (χ2v) is 23.8. The van der Waals surface area contributed by atoms with Crippen molar-refractivity contribution in [3.05, 3.63) is 0 Å². The maximum absolute atomic E-state index is 1.71. The van der Waals surface area contributed by atoms with E-state index in [1.165, 1.54) is 0 Å². The lowest BCUT2D eigenvalue weighted by atomic mass is 9.52. The quantitative estimate of drug-likeness (QED) is 0.273. The summed E-state index contributed by atoms with van der Waals surface area (Å²) in [6.07, 6.45) is 52.1. The first-order valence-corrected chi connectivity index (χ1v) is 25.7. The third-order valence-electron chi connectivity index (χ3n) is 22.0. The number of hydrogen-bond donors (Lipinski definition) is 0. The van der Waals surface area contributed by atoms with Crippen molar-refractivity contribution >= 4 is 0 Å². The topological polar surface area (TPSA) is 0 Å². The van der Waals surface area contributed by atoms with E-state index >= 15 is 0 Å². The third kappa shape index (κ3) is 6.49. The molecule has 0 radical (unpaired) electrons. The molecule has 0 bridgehead atoms. The zero-order chi connectivity index (χ0) is 34.2. The van der Waals surface area contributed by atoms with E-state index in [1.807, 2.05) is 0 Å². The van der Waals surface area contributed by atoms with Gasteiger partial charge in [0.15, 0.2) is 0 Å². The van der Waals surface area contributed by atoms with Crippen LogP contribution < -0.4 is 0 Å². The van der Waals surface area contributed by atoms with Crippen LogP contribution in [0, 0.1) is 118 Å². The molecule has 0 N–H and O–H groups in total. The maximum Gasteiger partial charge on any atom is -0.0324 e. The van der Waals surface area contributed by atoms with Gasteiger partial charge in [0.2, 0.25) is 0 Å². The van der Waals surface area contributed by atoms with Gasteiger partial charge in [-0.05, 0) is 208 Å². The van der Waals surface area contributed by atoms with Crippen molar-refractivity contribution < 1.29 is 0 Å². The zero-order valence-corrected chi connectivity index (χ0v) is 34.2. The first-order valence-electron chi connectivity index (χ1n) is 25.7. The van der Waals surface area contributed by atoms with E-state index in [0.717, 1.165) is 118 Å². The van der Waals surface area contributed by atoms with Crippen LogP contribution in [0.2, 0.25) is 0 Å². The predicted molar refractivity (Wildman–Crippen MR) is 218 cm³/mol. The molecule has 0 nitrogen and oxygen atoms in total. The number of hydrogen-bond acceptors (Lipinski definition) is 0. The van der Waals surface area contributed by atoms with Crippen LogP contribution in [0.25, 0.3) is 0 Å². The van der Waals surface area contributed by atoms with E-state index < -0.39 is 0 Å². The highest BCUT2D eigenvalue weighted by Crippen LogP contribution is 2.66. The first-order chi connectivity index (χ1) is 25.7. The normalized spacial score (nSPS) is 55.3. The Kier molecular flexibility index (Phi) is 10.2. The van der Waals surface area contributed by atoms with Crippen molar-refractivity contribution in [1.82, 2.24) is 0 Å². The van der Waals surface area contributed by atoms with Crippen LogP contribution >= 0.6 is 0 Å². The largest absolute Gasteiger partial charge is 0.0533 e. The van der Waals surface area contributed by atoms with Gasteiger partial charge in [-0.1, -0.05) is 116 Å².